The zero-order valence-electron chi connectivity index (χ0n) is 14.0. The number of benzene rings is 2. The number of rotatable bonds is 4. The number of nitrogens with one attached hydrogen (secondary N) is 2. The molecule has 3 nitrogen and oxygen atoms in total. The minimum absolute atomic E-state index is 0.312. The monoisotopic (exact) mass is 375 g/mol. The van der Waals surface area contributed by atoms with Gasteiger partial charge in [0, 0.05) is 28.5 Å². The Balaban J connectivity index is 2.41. The SMILES string of the molecule is [B]C([B])([B])Nc1ccccc1C(=N)N(C)c1cc(C)c(Br)cc1C. The molecular weight excluding hydrogens is 359 g/mol. The van der Waals surface area contributed by atoms with Crippen LogP contribution in [0.5, 0.6) is 0 Å². The van der Waals surface area contributed by atoms with Crippen molar-refractivity contribution in [1.82, 2.24) is 0 Å². The fraction of sp³-hybridized carbons (Fsp3) is 0.235. The largest absolute Gasteiger partial charge is 0.404 e. The Labute approximate surface area is 156 Å². The van der Waals surface area contributed by atoms with E-state index in [-0.39, 0.29) is 0 Å². The van der Waals surface area contributed by atoms with Crippen molar-refractivity contribution in [3.63, 3.8) is 0 Å². The van der Waals surface area contributed by atoms with Gasteiger partial charge >= 0.3 is 0 Å². The highest BCUT2D eigenvalue weighted by molar-refractivity contribution is 9.10. The first-order chi connectivity index (χ1) is 11.1. The topological polar surface area (TPSA) is 39.1 Å². The second-order valence-electron chi connectivity index (χ2n) is 5.90. The van der Waals surface area contributed by atoms with Crippen LogP contribution in [0, 0.1) is 19.3 Å². The van der Waals surface area contributed by atoms with E-state index in [4.69, 9.17) is 28.9 Å². The summed E-state index contributed by atoms with van der Waals surface area (Å²) in [5.74, 6) is 0.312. The smallest absolute Gasteiger partial charge is 0.134 e. The summed E-state index contributed by atoms with van der Waals surface area (Å²) in [4.78, 5) is 1.82. The lowest BCUT2D eigenvalue weighted by molar-refractivity contribution is 1.18. The quantitative estimate of drug-likeness (QED) is 0.490. The third kappa shape index (κ3) is 4.26. The highest BCUT2D eigenvalue weighted by atomic mass is 79.9. The van der Waals surface area contributed by atoms with Gasteiger partial charge < -0.3 is 10.2 Å². The first kappa shape index (κ1) is 18.7. The molecule has 0 fully saturated rings. The Hall–Kier alpha value is -1.62. The molecule has 6 radical (unpaired) electrons. The van der Waals surface area contributed by atoms with Gasteiger partial charge in [-0.15, -0.1) is 0 Å². The average Bonchev–Trinajstić information content (AvgIpc) is 2.48. The molecule has 116 valence electrons. The van der Waals surface area contributed by atoms with Crippen molar-refractivity contribution in [2.45, 2.75) is 19.1 Å². The van der Waals surface area contributed by atoms with Gasteiger partial charge in [0.05, 0.1) is 23.5 Å². The maximum atomic E-state index is 8.59. The first-order valence-corrected chi connectivity index (χ1v) is 8.22. The van der Waals surface area contributed by atoms with Crippen LogP contribution in [0.4, 0.5) is 11.4 Å². The summed E-state index contributed by atoms with van der Waals surface area (Å²) in [7, 11) is 18.8. The summed E-state index contributed by atoms with van der Waals surface area (Å²) in [6, 6.07) is 11.4. The van der Waals surface area contributed by atoms with Crippen LogP contribution in [0.25, 0.3) is 0 Å². The predicted octanol–water partition coefficient (Wildman–Crippen LogP) is 3.06. The summed E-state index contributed by atoms with van der Waals surface area (Å²) in [5.41, 5.74) is 4.39. The summed E-state index contributed by atoms with van der Waals surface area (Å²) in [6.07, 6.45) is 0. The minimum Gasteiger partial charge on any atom is -0.404 e. The summed E-state index contributed by atoms with van der Waals surface area (Å²) in [6.45, 7) is 4.03. The van der Waals surface area contributed by atoms with E-state index in [1.54, 1.807) is 6.07 Å². The van der Waals surface area contributed by atoms with Gasteiger partial charge in [0.2, 0.25) is 0 Å². The fourth-order valence-corrected chi connectivity index (χ4v) is 2.92. The molecule has 0 aliphatic rings. The van der Waals surface area contributed by atoms with E-state index in [1.165, 1.54) is 0 Å². The lowest BCUT2D eigenvalue weighted by atomic mass is 9.49. The van der Waals surface area contributed by atoms with Gasteiger partial charge in [0.1, 0.15) is 5.84 Å². The van der Waals surface area contributed by atoms with Gasteiger partial charge in [-0.1, -0.05) is 33.3 Å². The molecule has 2 aromatic rings. The Morgan fingerprint density at radius 1 is 1.12 bits per heavy atom. The maximum Gasteiger partial charge on any atom is 0.134 e. The first-order valence-electron chi connectivity index (χ1n) is 7.43. The van der Waals surface area contributed by atoms with Crippen LogP contribution >= 0.6 is 15.9 Å². The van der Waals surface area contributed by atoms with E-state index in [1.807, 2.05) is 56.1 Å². The molecule has 24 heavy (non-hydrogen) atoms. The molecule has 0 bridgehead atoms. The molecule has 7 heteroatoms. The van der Waals surface area contributed by atoms with Gasteiger partial charge in [-0.2, -0.15) is 0 Å². The van der Waals surface area contributed by atoms with E-state index in [0.29, 0.717) is 17.1 Å². The highest BCUT2D eigenvalue weighted by Crippen LogP contribution is 2.29. The number of anilines is 2. The molecule has 2 rings (SSSR count). The van der Waals surface area contributed by atoms with Crippen molar-refractivity contribution in [3.05, 3.63) is 57.6 Å². The molecule has 0 spiro atoms. The molecule has 0 saturated carbocycles. The minimum atomic E-state index is -1.56. The normalized spacial score (nSPS) is 11.2. The number of aryl methyl sites for hydroxylation is 2. The van der Waals surface area contributed by atoms with Crippen molar-refractivity contribution in [3.8, 4) is 0 Å². The van der Waals surface area contributed by atoms with Crippen LogP contribution in [-0.2, 0) is 0 Å². The molecule has 0 atom stereocenters. The van der Waals surface area contributed by atoms with Crippen LogP contribution in [0.3, 0.4) is 0 Å². The van der Waals surface area contributed by atoms with Gasteiger partial charge in [0.15, 0.2) is 0 Å². The molecule has 0 unspecified atom stereocenters. The average molecular weight is 376 g/mol. The zero-order valence-corrected chi connectivity index (χ0v) is 15.6. The molecule has 0 aliphatic carbocycles. The van der Waals surface area contributed by atoms with E-state index in [2.05, 4.69) is 21.2 Å². The van der Waals surface area contributed by atoms with Gasteiger partial charge in [0.25, 0.3) is 0 Å². The van der Waals surface area contributed by atoms with E-state index in [9.17, 15) is 0 Å². The molecule has 2 N–H and O–H groups in total. The molecule has 2 aromatic carbocycles. The van der Waals surface area contributed by atoms with Gasteiger partial charge in [-0.25, -0.2) is 0 Å². The number of hydrogen-bond donors (Lipinski definition) is 2. The second-order valence-corrected chi connectivity index (χ2v) is 6.75. The lowest BCUT2D eigenvalue weighted by Crippen LogP contribution is -2.40. The maximum absolute atomic E-state index is 8.59. The Bertz CT molecular complexity index is 772. The van der Waals surface area contributed by atoms with E-state index >= 15 is 0 Å². The fourth-order valence-electron chi connectivity index (χ4n) is 2.46. The molecule has 0 aliphatic heterocycles. The predicted molar refractivity (Wildman–Crippen MR) is 109 cm³/mol. The van der Waals surface area contributed by atoms with Crippen molar-refractivity contribution in [2.24, 2.45) is 0 Å². The standard InChI is InChI=1S/C17H17B3BrN3/c1-10-9-15(11(2)8-13(10)21)24(3)16(22)12-6-4-5-7-14(12)23-17(18,19)20/h4-9,22-23H,1-3H3. The van der Waals surface area contributed by atoms with Gasteiger partial charge in [-0.05, 0) is 49.2 Å². The van der Waals surface area contributed by atoms with Crippen LogP contribution in [0.2, 0.25) is 0 Å². The van der Waals surface area contributed by atoms with Crippen LogP contribution in [0.1, 0.15) is 16.7 Å². The van der Waals surface area contributed by atoms with Crippen LogP contribution in [-0.4, -0.2) is 41.7 Å². The number of nitrogens with zero attached hydrogens (tertiary/aromatic N) is 1. The molecular formula is C17H17B3BrN3. The molecule has 0 heterocycles. The Morgan fingerprint density at radius 2 is 1.75 bits per heavy atom. The van der Waals surface area contributed by atoms with Crippen molar-refractivity contribution >= 4 is 56.7 Å². The highest BCUT2D eigenvalue weighted by Gasteiger charge is 2.18. The van der Waals surface area contributed by atoms with Crippen molar-refractivity contribution < 1.29 is 0 Å². The number of amidine groups is 1. The number of hydrogen-bond acceptors (Lipinski definition) is 2. The van der Waals surface area contributed by atoms with Crippen molar-refractivity contribution in [2.75, 3.05) is 17.3 Å². The second kappa shape index (κ2) is 7.10. The van der Waals surface area contributed by atoms with Crippen LogP contribution < -0.4 is 10.2 Å². The third-order valence-corrected chi connectivity index (χ3v) is 4.56. The van der Waals surface area contributed by atoms with E-state index < -0.39 is 5.24 Å². The Morgan fingerprint density at radius 3 is 2.38 bits per heavy atom. The third-order valence-electron chi connectivity index (χ3n) is 3.71. The summed E-state index contributed by atoms with van der Waals surface area (Å²) in [5, 5.41) is 9.87. The number of halogens is 1. The Kier molecular flexibility index (Phi) is 5.54. The molecule has 0 aromatic heterocycles. The number of para-hydroxylation sites is 1. The van der Waals surface area contributed by atoms with E-state index in [0.717, 1.165) is 21.3 Å². The lowest BCUT2D eigenvalue weighted by Gasteiger charge is -2.28. The molecule has 0 saturated heterocycles. The van der Waals surface area contributed by atoms with Gasteiger partial charge in [-0.3, -0.25) is 5.41 Å². The van der Waals surface area contributed by atoms with Crippen molar-refractivity contribution in [1.29, 1.82) is 5.41 Å². The molecule has 0 amide bonds. The summed E-state index contributed by atoms with van der Waals surface area (Å²) < 4.78 is 1.05. The zero-order chi connectivity index (χ0) is 18.1. The summed E-state index contributed by atoms with van der Waals surface area (Å²) >= 11 is 3.53. The van der Waals surface area contributed by atoms with Crippen LogP contribution in [0.15, 0.2) is 40.9 Å².